The summed E-state index contributed by atoms with van der Waals surface area (Å²) in [6, 6.07) is 0. The van der Waals surface area contributed by atoms with Crippen LogP contribution < -0.4 is 0 Å². The summed E-state index contributed by atoms with van der Waals surface area (Å²) in [5.74, 6) is 0.935. The van der Waals surface area contributed by atoms with Crippen LogP contribution in [-0.2, 0) is 0 Å². The van der Waals surface area contributed by atoms with Crippen molar-refractivity contribution in [3.8, 4) is 0 Å². The summed E-state index contributed by atoms with van der Waals surface area (Å²) in [4.78, 5) is 0. The van der Waals surface area contributed by atoms with Gasteiger partial charge in [0.25, 0.3) is 0 Å². The Morgan fingerprint density at radius 2 is 1.13 bits per heavy atom. The maximum atomic E-state index is 2.36. The van der Waals surface area contributed by atoms with E-state index in [0.29, 0.717) is 5.41 Å². The van der Waals surface area contributed by atoms with Crippen LogP contribution in [-0.4, -0.2) is 0 Å². The molecule has 0 radical (unpaired) electrons. The predicted molar refractivity (Wildman–Crippen MR) is 73.3 cm³/mol. The molecule has 0 saturated heterocycles. The maximum Gasteiger partial charge on any atom is -0.0354 e. The minimum absolute atomic E-state index is 0.601. The summed E-state index contributed by atoms with van der Waals surface area (Å²) in [5, 5.41) is 0. The zero-order valence-electron chi connectivity index (χ0n) is 12.3. The lowest BCUT2D eigenvalue weighted by Crippen LogP contribution is -2.09. The molecule has 0 heterocycles. The molecule has 0 aliphatic rings. The van der Waals surface area contributed by atoms with Crippen LogP contribution in [0.4, 0.5) is 0 Å². The second-order valence-corrected chi connectivity index (χ2v) is 5.59. The topological polar surface area (TPSA) is 0 Å². The summed E-state index contributed by atoms with van der Waals surface area (Å²) in [7, 11) is 0. The van der Waals surface area contributed by atoms with Crippen LogP contribution in [0.15, 0.2) is 0 Å². The van der Waals surface area contributed by atoms with E-state index in [4.69, 9.17) is 0 Å². The van der Waals surface area contributed by atoms with Crippen molar-refractivity contribution in [2.45, 2.75) is 87.0 Å². The predicted octanol–water partition coefficient (Wildman–Crippen LogP) is 6.06. The maximum absolute atomic E-state index is 2.36. The second kappa shape index (κ2) is 10.5. The van der Waals surface area contributed by atoms with Crippen LogP contribution in [0.5, 0.6) is 0 Å². The van der Waals surface area contributed by atoms with E-state index in [1.165, 1.54) is 38.5 Å². The van der Waals surface area contributed by atoms with Crippen molar-refractivity contribution in [2.24, 2.45) is 11.3 Å². The average Bonchev–Trinajstić information content (AvgIpc) is 2.17. The van der Waals surface area contributed by atoms with Crippen LogP contribution in [0.1, 0.15) is 87.0 Å². The fraction of sp³-hybridized carbons (Fsp3) is 1.00. The van der Waals surface area contributed by atoms with Gasteiger partial charge in [0.05, 0.1) is 0 Å². The van der Waals surface area contributed by atoms with Gasteiger partial charge < -0.3 is 0 Å². The molecule has 0 aromatic rings. The van der Waals surface area contributed by atoms with Gasteiger partial charge in [0.1, 0.15) is 0 Å². The van der Waals surface area contributed by atoms with E-state index in [9.17, 15) is 0 Å². The van der Waals surface area contributed by atoms with E-state index in [0.717, 1.165) is 5.92 Å². The van der Waals surface area contributed by atoms with Gasteiger partial charge in [-0.25, -0.2) is 0 Å². The summed E-state index contributed by atoms with van der Waals surface area (Å²) in [6.07, 6.45) is 8.06. The van der Waals surface area contributed by atoms with E-state index in [1.807, 2.05) is 0 Å². The van der Waals surface area contributed by atoms with Crippen molar-refractivity contribution >= 4 is 0 Å². The monoisotopic (exact) mass is 214 g/mol. The van der Waals surface area contributed by atoms with E-state index >= 15 is 0 Å². The second-order valence-electron chi connectivity index (χ2n) is 5.59. The van der Waals surface area contributed by atoms with E-state index in [-0.39, 0.29) is 0 Å². The van der Waals surface area contributed by atoms with Crippen LogP contribution in [0.2, 0.25) is 0 Å². The fourth-order valence-electron chi connectivity index (χ4n) is 1.77. The standard InChI is InChI=1S/C9H20.C6H14/c1-5-7-9(3,4)8-6-2;1-4-6(3)5-2/h5-8H2,1-4H3;6H,4-5H2,1-3H3. The molecule has 0 rings (SSSR count). The molecule has 0 unspecified atom stereocenters. The average molecular weight is 214 g/mol. The van der Waals surface area contributed by atoms with Gasteiger partial charge in [0.2, 0.25) is 0 Å². The fourth-order valence-corrected chi connectivity index (χ4v) is 1.77. The number of hydrogen-bond acceptors (Lipinski definition) is 0. The Kier molecular flexibility index (Phi) is 12.2. The van der Waals surface area contributed by atoms with Crippen LogP contribution in [0, 0.1) is 11.3 Å². The van der Waals surface area contributed by atoms with Gasteiger partial charge in [0.15, 0.2) is 0 Å². The molecule has 0 aliphatic carbocycles. The third-order valence-electron chi connectivity index (χ3n) is 3.25. The zero-order valence-corrected chi connectivity index (χ0v) is 12.3. The third-order valence-corrected chi connectivity index (χ3v) is 3.25. The zero-order chi connectivity index (χ0) is 12.3. The van der Waals surface area contributed by atoms with E-state index in [2.05, 4.69) is 48.5 Å². The summed E-state index contributed by atoms with van der Waals surface area (Å²) in [6.45, 7) is 16.0. The quantitative estimate of drug-likeness (QED) is 0.504. The normalized spacial score (nSPS) is 11.2. The molecule has 0 nitrogen and oxygen atoms in total. The van der Waals surface area contributed by atoms with Crippen molar-refractivity contribution in [3.63, 3.8) is 0 Å². The van der Waals surface area contributed by atoms with Crippen LogP contribution in [0.25, 0.3) is 0 Å². The molecule has 0 spiro atoms. The summed E-state index contributed by atoms with van der Waals surface area (Å²) < 4.78 is 0. The van der Waals surface area contributed by atoms with Crippen LogP contribution in [0.3, 0.4) is 0 Å². The molecule has 0 aromatic carbocycles. The molecule has 0 aliphatic heterocycles. The minimum Gasteiger partial charge on any atom is -0.0654 e. The van der Waals surface area contributed by atoms with E-state index < -0.39 is 0 Å². The number of hydrogen-bond donors (Lipinski definition) is 0. The van der Waals surface area contributed by atoms with Gasteiger partial charge in [-0.1, -0.05) is 74.1 Å². The SMILES string of the molecule is CCC(C)CC.CCCC(C)(C)CCC. The number of rotatable bonds is 6. The van der Waals surface area contributed by atoms with Gasteiger partial charge in [-0.2, -0.15) is 0 Å². The Labute approximate surface area is 98.9 Å². The Morgan fingerprint density at radius 3 is 1.27 bits per heavy atom. The molecule has 0 atom stereocenters. The molecular weight excluding hydrogens is 180 g/mol. The van der Waals surface area contributed by atoms with Crippen molar-refractivity contribution in [2.75, 3.05) is 0 Å². The lowest BCUT2D eigenvalue weighted by molar-refractivity contribution is 0.301. The van der Waals surface area contributed by atoms with Gasteiger partial charge in [-0.15, -0.1) is 0 Å². The van der Waals surface area contributed by atoms with Crippen molar-refractivity contribution in [1.29, 1.82) is 0 Å². The molecule has 0 fully saturated rings. The highest BCUT2D eigenvalue weighted by Crippen LogP contribution is 2.27. The smallest absolute Gasteiger partial charge is 0.0354 e. The van der Waals surface area contributed by atoms with Gasteiger partial charge in [0, 0.05) is 0 Å². The summed E-state index contributed by atoms with van der Waals surface area (Å²) >= 11 is 0. The molecule has 0 heteroatoms. The lowest BCUT2D eigenvalue weighted by atomic mass is 9.84. The molecular formula is C15H34. The van der Waals surface area contributed by atoms with Crippen molar-refractivity contribution in [1.82, 2.24) is 0 Å². The first-order chi connectivity index (χ1) is 6.93. The first-order valence-corrected chi connectivity index (χ1v) is 6.93. The Morgan fingerprint density at radius 1 is 0.800 bits per heavy atom. The van der Waals surface area contributed by atoms with Crippen molar-refractivity contribution < 1.29 is 0 Å². The highest BCUT2D eigenvalue weighted by atomic mass is 14.2. The third kappa shape index (κ3) is 14.0. The Bertz CT molecular complexity index is 101. The van der Waals surface area contributed by atoms with Gasteiger partial charge in [-0.3, -0.25) is 0 Å². The molecule has 94 valence electrons. The molecule has 0 bridgehead atoms. The molecule has 0 amide bonds. The molecule has 0 aromatic heterocycles. The highest BCUT2D eigenvalue weighted by molar-refractivity contribution is 4.66. The Hall–Kier alpha value is 0. The molecule has 0 saturated carbocycles. The van der Waals surface area contributed by atoms with E-state index in [1.54, 1.807) is 0 Å². The lowest BCUT2D eigenvalue weighted by Gasteiger charge is -2.22. The van der Waals surface area contributed by atoms with Crippen molar-refractivity contribution in [3.05, 3.63) is 0 Å². The molecule has 15 heavy (non-hydrogen) atoms. The van der Waals surface area contributed by atoms with Gasteiger partial charge >= 0.3 is 0 Å². The first-order valence-electron chi connectivity index (χ1n) is 6.93. The first kappa shape index (κ1) is 17.4. The minimum atomic E-state index is 0.601. The highest BCUT2D eigenvalue weighted by Gasteiger charge is 2.13. The Balaban J connectivity index is 0. The van der Waals surface area contributed by atoms with Crippen LogP contribution >= 0.6 is 0 Å². The largest absolute Gasteiger partial charge is 0.0654 e. The molecule has 0 N–H and O–H groups in total. The summed E-state index contributed by atoms with van der Waals surface area (Å²) in [5.41, 5.74) is 0.601. The van der Waals surface area contributed by atoms with Gasteiger partial charge in [-0.05, 0) is 24.2 Å².